The van der Waals surface area contributed by atoms with Crippen molar-refractivity contribution in [2.75, 3.05) is 27.4 Å². The summed E-state index contributed by atoms with van der Waals surface area (Å²) in [4.78, 5) is 23.9. The van der Waals surface area contributed by atoms with Gasteiger partial charge in [0.05, 0.1) is 26.9 Å². The van der Waals surface area contributed by atoms with E-state index in [2.05, 4.69) is 12.2 Å². The molecule has 0 bridgehead atoms. The fourth-order valence-electron chi connectivity index (χ4n) is 3.12. The van der Waals surface area contributed by atoms with Crippen LogP contribution >= 0.6 is 0 Å². The van der Waals surface area contributed by atoms with Crippen LogP contribution in [0.3, 0.4) is 0 Å². The van der Waals surface area contributed by atoms with Crippen molar-refractivity contribution in [3.8, 4) is 23.0 Å². The summed E-state index contributed by atoms with van der Waals surface area (Å²) in [7, 11) is 3.08. The standard InChI is InChI=1S/C25H33NO6/c1-6-7-8-13-31-21-11-9-19(14-23(21)29-4)17(2)26-25(28)16-32-22-12-10-20(18(3)27)15-24(22)30-5/h9-12,14-15,17H,6-8,13,16H2,1-5H3,(H,26,28). The predicted molar refractivity (Wildman–Crippen MR) is 123 cm³/mol. The highest BCUT2D eigenvalue weighted by Gasteiger charge is 2.15. The Morgan fingerprint density at radius 1 is 0.906 bits per heavy atom. The fraction of sp³-hybridized carbons (Fsp3) is 0.440. The number of ketones is 1. The normalized spacial score (nSPS) is 11.4. The van der Waals surface area contributed by atoms with Gasteiger partial charge in [-0.3, -0.25) is 9.59 Å². The number of hydrogen-bond acceptors (Lipinski definition) is 6. The molecule has 1 N–H and O–H groups in total. The molecule has 2 aromatic rings. The molecule has 0 aliphatic carbocycles. The number of ether oxygens (including phenoxy) is 4. The van der Waals surface area contributed by atoms with Gasteiger partial charge in [0.25, 0.3) is 5.91 Å². The van der Waals surface area contributed by atoms with Crippen LogP contribution < -0.4 is 24.3 Å². The Morgan fingerprint density at radius 2 is 1.56 bits per heavy atom. The molecular weight excluding hydrogens is 410 g/mol. The zero-order chi connectivity index (χ0) is 23.5. The fourth-order valence-corrected chi connectivity index (χ4v) is 3.12. The van der Waals surface area contributed by atoms with Crippen LogP contribution in [0.1, 0.15) is 62.0 Å². The van der Waals surface area contributed by atoms with Gasteiger partial charge in [-0.05, 0) is 56.2 Å². The number of hydrogen-bond donors (Lipinski definition) is 1. The molecule has 174 valence electrons. The summed E-state index contributed by atoms with van der Waals surface area (Å²) in [5.74, 6) is 1.76. The lowest BCUT2D eigenvalue weighted by atomic mass is 10.1. The van der Waals surface area contributed by atoms with Crippen molar-refractivity contribution < 1.29 is 28.5 Å². The summed E-state index contributed by atoms with van der Waals surface area (Å²) in [6, 6.07) is 10.2. The second-order valence-corrected chi connectivity index (χ2v) is 7.47. The second-order valence-electron chi connectivity index (χ2n) is 7.47. The van der Waals surface area contributed by atoms with Crippen LogP contribution in [0, 0.1) is 0 Å². The van der Waals surface area contributed by atoms with E-state index < -0.39 is 0 Å². The van der Waals surface area contributed by atoms with Gasteiger partial charge >= 0.3 is 0 Å². The maximum Gasteiger partial charge on any atom is 0.258 e. The molecule has 0 saturated carbocycles. The summed E-state index contributed by atoms with van der Waals surface area (Å²) in [6.07, 6.45) is 3.26. The number of carbonyl (C=O) groups is 2. The van der Waals surface area contributed by atoms with Crippen molar-refractivity contribution in [1.82, 2.24) is 5.32 Å². The van der Waals surface area contributed by atoms with Gasteiger partial charge in [-0.25, -0.2) is 0 Å². The van der Waals surface area contributed by atoms with Crippen molar-refractivity contribution in [3.63, 3.8) is 0 Å². The zero-order valence-corrected chi connectivity index (χ0v) is 19.5. The van der Waals surface area contributed by atoms with E-state index in [-0.39, 0.29) is 24.3 Å². The van der Waals surface area contributed by atoms with Gasteiger partial charge in [0, 0.05) is 5.56 Å². The summed E-state index contributed by atoms with van der Waals surface area (Å²) < 4.78 is 22.1. The van der Waals surface area contributed by atoms with E-state index in [1.165, 1.54) is 14.0 Å². The van der Waals surface area contributed by atoms with Crippen molar-refractivity contribution in [1.29, 1.82) is 0 Å². The predicted octanol–water partition coefficient (Wildman–Crippen LogP) is 4.73. The first-order valence-electron chi connectivity index (χ1n) is 10.8. The number of carbonyl (C=O) groups excluding carboxylic acids is 2. The van der Waals surface area contributed by atoms with Gasteiger partial charge in [0.15, 0.2) is 35.4 Å². The Labute approximate surface area is 190 Å². The maximum absolute atomic E-state index is 12.4. The van der Waals surface area contributed by atoms with E-state index in [0.29, 0.717) is 35.2 Å². The Bertz CT molecular complexity index is 911. The van der Waals surface area contributed by atoms with Crippen LogP contribution in [-0.4, -0.2) is 39.1 Å². The molecule has 0 spiro atoms. The number of unbranched alkanes of at least 4 members (excludes halogenated alkanes) is 2. The molecule has 0 radical (unpaired) electrons. The molecule has 0 aromatic heterocycles. The Balaban J connectivity index is 1.95. The van der Waals surface area contributed by atoms with Gasteiger partial charge in [0.2, 0.25) is 0 Å². The third-order valence-electron chi connectivity index (χ3n) is 5.00. The molecule has 2 rings (SSSR count). The molecule has 0 saturated heterocycles. The minimum Gasteiger partial charge on any atom is -0.493 e. The zero-order valence-electron chi connectivity index (χ0n) is 19.5. The van der Waals surface area contributed by atoms with Crippen LogP contribution in [0.25, 0.3) is 0 Å². The lowest BCUT2D eigenvalue weighted by molar-refractivity contribution is -0.123. The Hall–Kier alpha value is -3.22. The van der Waals surface area contributed by atoms with E-state index in [9.17, 15) is 9.59 Å². The smallest absolute Gasteiger partial charge is 0.258 e. The highest BCUT2D eigenvalue weighted by molar-refractivity contribution is 5.94. The first-order chi connectivity index (χ1) is 15.4. The van der Waals surface area contributed by atoms with E-state index in [4.69, 9.17) is 18.9 Å². The van der Waals surface area contributed by atoms with Crippen molar-refractivity contribution in [2.45, 2.75) is 46.1 Å². The van der Waals surface area contributed by atoms with Crippen molar-refractivity contribution in [3.05, 3.63) is 47.5 Å². The number of rotatable bonds is 13. The number of Topliss-reactive ketones (excluding diaryl/α,β-unsaturated/α-hetero) is 1. The molecular formula is C25H33NO6. The molecule has 1 atom stereocenters. The topological polar surface area (TPSA) is 83.1 Å². The largest absolute Gasteiger partial charge is 0.493 e. The number of methoxy groups -OCH3 is 2. The van der Waals surface area contributed by atoms with Gasteiger partial charge < -0.3 is 24.3 Å². The Morgan fingerprint density at radius 3 is 2.22 bits per heavy atom. The second kappa shape index (κ2) is 12.6. The van der Waals surface area contributed by atoms with E-state index in [0.717, 1.165) is 24.8 Å². The maximum atomic E-state index is 12.4. The summed E-state index contributed by atoms with van der Waals surface area (Å²) in [6.45, 7) is 5.97. The molecule has 0 aliphatic rings. The highest BCUT2D eigenvalue weighted by atomic mass is 16.5. The van der Waals surface area contributed by atoms with Crippen LogP contribution in [0.15, 0.2) is 36.4 Å². The highest BCUT2D eigenvalue weighted by Crippen LogP contribution is 2.31. The molecule has 2 aromatic carbocycles. The van der Waals surface area contributed by atoms with Gasteiger partial charge in [-0.1, -0.05) is 25.8 Å². The van der Waals surface area contributed by atoms with Gasteiger partial charge in [0.1, 0.15) is 0 Å². The number of nitrogens with one attached hydrogen (secondary N) is 1. The van der Waals surface area contributed by atoms with E-state index in [1.54, 1.807) is 25.3 Å². The van der Waals surface area contributed by atoms with Crippen molar-refractivity contribution >= 4 is 11.7 Å². The average molecular weight is 444 g/mol. The molecule has 7 heteroatoms. The lowest BCUT2D eigenvalue weighted by Crippen LogP contribution is -2.31. The van der Waals surface area contributed by atoms with Crippen LogP contribution in [0.5, 0.6) is 23.0 Å². The minimum atomic E-state index is -0.283. The molecule has 0 fully saturated rings. The number of benzene rings is 2. The van der Waals surface area contributed by atoms with E-state index in [1.807, 2.05) is 25.1 Å². The van der Waals surface area contributed by atoms with E-state index >= 15 is 0 Å². The number of amides is 1. The Kier molecular flexibility index (Phi) is 9.85. The lowest BCUT2D eigenvalue weighted by Gasteiger charge is -2.18. The first kappa shape index (κ1) is 25.0. The van der Waals surface area contributed by atoms with Crippen LogP contribution in [0.4, 0.5) is 0 Å². The molecule has 7 nitrogen and oxygen atoms in total. The summed E-state index contributed by atoms with van der Waals surface area (Å²) in [5, 5.41) is 2.91. The molecule has 1 unspecified atom stereocenters. The van der Waals surface area contributed by atoms with Crippen LogP contribution in [-0.2, 0) is 4.79 Å². The minimum absolute atomic E-state index is 0.0748. The molecule has 1 amide bonds. The molecule has 0 aliphatic heterocycles. The third-order valence-corrected chi connectivity index (χ3v) is 5.00. The summed E-state index contributed by atoms with van der Waals surface area (Å²) in [5.41, 5.74) is 1.40. The third kappa shape index (κ3) is 7.18. The van der Waals surface area contributed by atoms with Gasteiger partial charge in [-0.15, -0.1) is 0 Å². The SMILES string of the molecule is CCCCCOc1ccc(C(C)NC(=O)COc2ccc(C(C)=O)cc2OC)cc1OC. The van der Waals surface area contributed by atoms with Crippen LogP contribution in [0.2, 0.25) is 0 Å². The van der Waals surface area contributed by atoms with Gasteiger partial charge in [-0.2, -0.15) is 0 Å². The quantitative estimate of drug-likeness (QED) is 0.356. The monoisotopic (exact) mass is 443 g/mol. The van der Waals surface area contributed by atoms with Crippen molar-refractivity contribution in [2.24, 2.45) is 0 Å². The summed E-state index contributed by atoms with van der Waals surface area (Å²) >= 11 is 0. The first-order valence-corrected chi connectivity index (χ1v) is 10.8. The molecule has 0 heterocycles. The molecule has 32 heavy (non-hydrogen) atoms. The average Bonchev–Trinajstić information content (AvgIpc) is 2.80.